The lowest BCUT2D eigenvalue weighted by atomic mass is 10.1. The zero-order valence-corrected chi connectivity index (χ0v) is 14.1. The molecule has 7 nitrogen and oxygen atoms in total. The normalized spacial score (nSPS) is 15.0. The molecular formula is C17H21FN4O3. The van der Waals surface area contributed by atoms with E-state index < -0.39 is 22.8 Å². The van der Waals surface area contributed by atoms with Gasteiger partial charge in [0.2, 0.25) is 5.43 Å². The highest BCUT2D eigenvalue weighted by Crippen LogP contribution is 2.21. The van der Waals surface area contributed by atoms with Gasteiger partial charge in [-0.15, -0.1) is 0 Å². The summed E-state index contributed by atoms with van der Waals surface area (Å²) < 4.78 is 14.5. The van der Waals surface area contributed by atoms with Crippen molar-refractivity contribution in [2.24, 2.45) is 0 Å². The van der Waals surface area contributed by atoms with Crippen LogP contribution in [-0.2, 0) is 0 Å². The smallest absolute Gasteiger partial charge is 0.341 e. The van der Waals surface area contributed by atoms with E-state index in [9.17, 15) is 14.0 Å². The van der Waals surface area contributed by atoms with Crippen LogP contribution in [0.25, 0.3) is 11.0 Å². The average Bonchev–Trinajstić information content (AvgIpc) is 3.08. The molecule has 0 spiro atoms. The maximum absolute atomic E-state index is 14.5. The number of carboxylic acid groups (broad SMARTS) is 1. The van der Waals surface area contributed by atoms with Gasteiger partial charge in [-0.25, -0.2) is 14.2 Å². The maximum atomic E-state index is 14.5. The molecule has 0 amide bonds. The fourth-order valence-corrected chi connectivity index (χ4v) is 3.20. The van der Waals surface area contributed by atoms with E-state index in [2.05, 4.69) is 20.2 Å². The molecule has 1 aliphatic rings. The Morgan fingerprint density at radius 3 is 2.84 bits per heavy atom. The number of halogens is 1. The van der Waals surface area contributed by atoms with Crippen LogP contribution in [0.3, 0.4) is 0 Å². The highest BCUT2D eigenvalue weighted by atomic mass is 19.1. The monoisotopic (exact) mass is 348 g/mol. The third-order valence-corrected chi connectivity index (χ3v) is 4.57. The second-order valence-corrected chi connectivity index (χ2v) is 6.29. The topological polar surface area (TPSA) is 98.3 Å². The Labute approximate surface area is 143 Å². The summed E-state index contributed by atoms with van der Waals surface area (Å²) in [5, 5.41) is 12.0. The van der Waals surface area contributed by atoms with Crippen molar-refractivity contribution in [2.75, 3.05) is 31.5 Å². The van der Waals surface area contributed by atoms with Crippen molar-refractivity contribution in [1.29, 1.82) is 0 Å². The molecule has 2 aromatic rings. The molecule has 0 bridgehead atoms. The molecule has 2 aromatic heterocycles. The van der Waals surface area contributed by atoms with Gasteiger partial charge in [-0.2, -0.15) is 0 Å². The summed E-state index contributed by atoms with van der Waals surface area (Å²) in [4.78, 5) is 32.5. The molecule has 25 heavy (non-hydrogen) atoms. The lowest BCUT2D eigenvalue weighted by molar-refractivity contribution is 0.0695. The number of hydrogen-bond acceptors (Lipinski definition) is 5. The van der Waals surface area contributed by atoms with Gasteiger partial charge in [0.1, 0.15) is 11.2 Å². The highest BCUT2D eigenvalue weighted by Gasteiger charge is 2.19. The van der Waals surface area contributed by atoms with Crippen molar-refractivity contribution in [2.45, 2.75) is 26.2 Å². The molecular weight excluding hydrogens is 327 g/mol. The van der Waals surface area contributed by atoms with Crippen LogP contribution in [0, 0.1) is 12.7 Å². The van der Waals surface area contributed by atoms with Crippen LogP contribution in [0.5, 0.6) is 0 Å². The van der Waals surface area contributed by atoms with Gasteiger partial charge < -0.3 is 20.3 Å². The molecule has 1 saturated heterocycles. The van der Waals surface area contributed by atoms with Crippen molar-refractivity contribution >= 4 is 22.8 Å². The minimum absolute atomic E-state index is 0.0278. The molecule has 3 rings (SSSR count). The van der Waals surface area contributed by atoms with E-state index in [1.54, 1.807) is 0 Å². The van der Waals surface area contributed by atoms with Crippen LogP contribution in [0.1, 0.15) is 35.2 Å². The summed E-state index contributed by atoms with van der Waals surface area (Å²) in [6, 6.07) is 0. The SMILES string of the molecule is Cc1c(F)c(NCCCN2CCCC2)nc2[nH]cc(C(=O)O)c(=O)c12. The Kier molecular flexibility index (Phi) is 4.98. The summed E-state index contributed by atoms with van der Waals surface area (Å²) in [5.41, 5.74) is -0.888. The fourth-order valence-electron chi connectivity index (χ4n) is 3.20. The number of aromatic carboxylic acids is 1. The van der Waals surface area contributed by atoms with Gasteiger partial charge in [-0.05, 0) is 45.8 Å². The van der Waals surface area contributed by atoms with E-state index in [0.29, 0.717) is 6.54 Å². The Balaban J connectivity index is 1.80. The number of aromatic amines is 1. The first-order chi connectivity index (χ1) is 12.0. The van der Waals surface area contributed by atoms with Gasteiger partial charge in [0.05, 0.1) is 5.39 Å². The number of fused-ring (bicyclic) bond motifs is 1. The van der Waals surface area contributed by atoms with Crippen LogP contribution >= 0.6 is 0 Å². The molecule has 1 fully saturated rings. The summed E-state index contributed by atoms with van der Waals surface area (Å²) in [7, 11) is 0. The number of carbonyl (C=O) groups is 1. The number of aryl methyl sites for hydroxylation is 1. The predicted molar refractivity (Wildman–Crippen MR) is 92.8 cm³/mol. The number of likely N-dealkylation sites (tertiary alicyclic amines) is 1. The van der Waals surface area contributed by atoms with E-state index in [1.165, 1.54) is 19.8 Å². The number of aromatic nitrogens is 2. The lowest BCUT2D eigenvalue weighted by Gasteiger charge is -2.15. The number of rotatable bonds is 6. The second kappa shape index (κ2) is 7.18. The molecule has 1 aliphatic heterocycles. The zero-order valence-electron chi connectivity index (χ0n) is 14.1. The molecule has 0 radical (unpaired) electrons. The number of pyridine rings is 2. The molecule has 0 unspecified atom stereocenters. The van der Waals surface area contributed by atoms with Crippen molar-refractivity contribution < 1.29 is 14.3 Å². The van der Waals surface area contributed by atoms with Crippen LogP contribution in [0.15, 0.2) is 11.0 Å². The van der Waals surface area contributed by atoms with Crippen LogP contribution in [0.2, 0.25) is 0 Å². The first kappa shape index (κ1) is 17.3. The van der Waals surface area contributed by atoms with Crippen LogP contribution < -0.4 is 10.7 Å². The predicted octanol–water partition coefficient (Wildman–Crippen LogP) is 1.97. The van der Waals surface area contributed by atoms with E-state index in [1.807, 2.05) is 0 Å². The standard InChI is InChI=1S/C17H21FN4O3/c1-10-12-14(23)11(17(24)25)9-20-15(12)21-16(13(10)18)19-5-4-8-22-6-2-3-7-22/h9H,2-8H2,1H3,(H,24,25)(H2,19,20,21,23). The summed E-state index contributed by atoms with van der Waals surface area (Å²) in [6.45, 7) is 5.22. The van der Waals surface area contributed by atoms with Gasteiger partial charge in [0.25, 0.3) is 0 Å². The van der Waals surface area contributed by atoms with Gasteiger partial charge in [0, 0.05) is 18.3 Å². The fraction of sp³-hybridized carbons (Fsp3) is 0.471. The zero-order chi connectivity index (χ0) is 18.0. The van der Waals surface area contributed by atoms with E-state index in [0.717, 1.165) is 32.3 Å². The van der Waals surface area contributed by atoms with E-state index in [-0.39, 0.29) is 22.4 Å². The highest BCUT2D eigenvalue weighted by molar-refractivity contribution is 5.92. The summed E-state index contributed by atoms with van der Waals surface area (Å²) in [5.74, 6) is -1.90. The third kappa shape index (κ3) is 3.48. The van der Waals surface area contributed by atoms with Crippen molar-refractivity contribution in [1.82, 2.24) is 14.9 Å². The minimum Gasteiger partial charge on any atom is -0.477 e. The second-order valence-electron chi connectivity index (χ2n) is 6.29. The molecule has 0 aromatic carbocycles. The summed E-state index contributed by atoms with van der Waals surface area (Å²) >= 11 is 0. The number of carboxylic acids is 1. The largest absolute Gasteiger partial charge is 0.477 e. The quantitative estimate of drug-likeness (QED) is 0.691. The minimum atomic E-state index is -1.35. The Morgan fingerprint density at radius 1 is 1.44 bits per heavy atom. The van der Waals surface area contributed by atoms with Gasteiger partial charge >= 0.3 is 5.97 Å². The average molecular weight is 348 g/mol. The van der Waals surface area contributed by atoms with E-state index in [4.69, 9.17) is 5.11 Å². The van der Waals surface area contributed by atoms with Crippen molar-refractivity contribution in [3.05, 3.63) is 33.4 Å². The van der Waals surface area contributed by atoms with Gasteiger partial charge in [0.15, 0.2) is 11.6 Å². The Morgan fingerprint density at radius 2 is 2.16 bits per heavy atom. The van der Waals surface area contributed by atoms with Crippen LogP contribution in [0.4, 0.5) is 10.2 Å². The number of nitrogens with zero attached hydrogens (tertiary/aromatic N) is 2. The molecule has 8 heteroatoms. The molecule has 0 aliphatic carbocycles. The third-order valence-electron chi connectivity index (χ3n) is 4.57. The Bertz CT molecular complexity index is 859. The number of nitrogens with one attached hydrogen (secondary N) is 2. The van der Waals surface area contributed by atoms with Crippen LogP contribution in [-0.4, -0.2) is 52.1 Å². The molecule has 0 saturated carbocycles. The molecule has 3 N–H and O–H groups in total. The number of anilines is 1. The Hall–Kier alpha value is -2.48. The molecule has 3 heterocycles. The van der Waals surface area contributed by atoms with Gasteiger partial charge in [-0.3, -0.25) is 4.79 Å². The lowest BCUT2D eigenvalue weighted by Crippen LogP contribution is -2.23. The number of H-pyrrole nitrogens is 1. The molecule has 134 valence electrons. The van der Waals surface area contributed by atoms with Gasteiger partial charge in [-0.1, -0.05) is 0 Å². The first-order valence-electron chi connectivity index (χ1n) is 8.40. The molecule has 0 atom stereocenters. The van der Waals surface area contributed by atoms with Crippen molar-refractivity contribution in [3.63, 3.8) is 0 Å². The van der Waals surface area contributed by atoms with Crippen molar-refractivity contribution in [3.8, 4) is 0 Å². The number of hydrogen-bond donors (Lipinski definition) is 3. The first-order valence-corrected chi connectivity index (χ1v) is 8.40. The summed E-state index contributed by atoms with van der Waals surface area (Å²) in [6.07, 6.45) is 4.43. The maximum Gasteiger partial charge on any atom is 0.341 e. The van der Waals surface area contributed by atoms with E-state index >= 15 is 0 Å².